The van der Waals surface area contributed by atoms with E-state index in [1.54, 1.807) is 12.1 Å². The molecule has 20 heavy (non-hydrogen) atoms. The number of hydrogen-bond donors (Lipinski definition) is 1. The van der Waals surface area contributed by atoms with Gasteiger partial charge in [0.1, 0.15) is 11.3 Å². The van der Waals surface area contributed by atoms with Gasteiger partial charge < -0.3 is 9.84 Å². The smallest absolute Gasteiger partial charge is 0.341 e. The van der Waals surface area contributed by atoms with Gasteiger partial charge in [-0.05, 0) is 24.3 Å². The lowest BCUT2D eigenvalue weighted by atomic mass is 10.1. The lowest BCUT2D eigenvalue weighted by Crippen LogP contribution is -2.05. The van der Waals surface area contributed by atoms with E-state index in [1.807, 2.05) is 12.1 Å². The Kier molecular flexibility index (Phi) is 2.91. The maximum atomic E-state index is 12.4. The minimum absolute atomic E-state index is 0.0610. The molecular weight excluding hydrogens is 276 g/mol. The Morgan fingerprint density at radius 1 is 1.15 bits per heavy atom. The zero-order valence-electron chi connectivity index (χ0n) is 10.5. The Labute approximate surface area is 117 Å². The van der Waals surface area contributed by atoms with Crippen molar-refractivity contribution < 1.29 is 14.6 Å². The molecule has 0 saturated heterocycles. The monoisotopic (exact) mass is 286 g/mol. The minimum atomic E-state index is -0.628. The molecule has 0 radical (unpaired) electrons. The Balaban J connectivity index is 2.44. The van der Waals surface area contributed by atoms with Crippen LogP contribution in [0.4, 0.5) is 0 Å². The highest BCUT2D eigenvalue weighted by molar-refractivity contribution is 7.24. The highest BCUT2D eigenvalue weighted by Gasteiger charge is 2.15. The van der Waals surface area contributed by atoms with Crippen molar-refractivity contribution in [3.8, 4) is 5.75 Å². The number of aromatic hydroxyl groups is 1. The van der Waals surface area contributed by atoms with Gasteiger partial charge in [0.25, 0.3) is 0 Å². The first kappa shape index (κ1) is 12.6. The van der Waals surface area contributed by atoms with Gasteiger partial charge in [-0.1, -0.05) is 12.1 Å². The normalized spacial score (nSPS) is 10.8. The molecule has 0 bridgehead atoms. The summed E-state index contributed by atoms with van der Waals surface area (Å²) in [6.45, 7) is 0. The predicted octanol–water partition coefficient (Wildman–Crippen LogP) is 2.91. The molecule has 0 atom stereocenters. The standard InChI is InChI=1S/C15H10O4S/c1-19-15(18)9-7-13-10(6-11(9)16)14(17)8-4-2-3-5-12(8)20-13/h2-7,16H,1H3. The molecular formula is C15H10O4S. The van der Waals surface area contributed by atoms with Crippen LogP contribution < -0.4 is 5.43 Å². The maximum absolute atomic E-state index is 12.4. The van der Waals surface area contributed by atoms with Crippen molar-refractivity contribution in [3.05, 3.63) is 52.2 Å². The van der Waals surface area contributed by atoms with E-state index in [4.69, 9.17) is 0 Å². The van der Waals surface area contributed by atoms with Crippen LogP contribution in [0.15, 0.2) is 41.2 Å². The average Bonchev–Trinajstić information content (AvgIpc) is 2.47. The van der Waals surface area contributed by atoms with Crippen molar-refractivity contribution in [2.45, 2.75) is 0 Å². The van der Waals surface area contributed by atoms with Crippen LogP contribution in [-0.4, -0.2) is 18.2 Å². The number of phenolic OH excluding ortho intramolecular Hbond substituents is 1. The molecule has 2 aromatic carbocycles. The molecule has 3 aromatic rings. The second-order valence-electron chi connectivity index (χ2n) is 4.28. The van der Waals surface area contributed by atoms with Crippen molar-refractivity contribution in [3.63, 3.8) is 0 Å². The Bertz CT molecular complexity index is 895. The van der Waals surface area contributed by atoms with Crippen molar-refractivity contribution in [2.75, 3.05) is 7.11 Å². The van der Waals surface area contributed by atoms with Crippen LogP contribution >= 0.6 is 11.3 Å². The van der Waals surface area contributed by atoms with E-state index >= 15 is 0 Å². The number of hydrogen-bond acceptors (Lipinski definition) is 5. The lowest BCUT2D eigenvalue weighted by molar-refractivity contribution is 0.0597. The number of ether oxygens (including phenoxy) is 1. The van der Waals surface area contributed by atoms with Gasteiger partial charge in [0.2, 0.25) is 0 Å². The number of phenols is 1. The van der Waals surface area contributed by atoms with Crippen LogP contribution in [0.3, 0.4) is 0 Å². The molecule has 5 heteroatoms. The predicted molar refractivity (Wildman–Crippen MR) is 78.6 cm³/mol. The minimum Gasteiger partial charge on any atom is -0.507 e. The van der Waals surface area contributed by atoms with Gasteiger partial charge in [0, 0.05) is 20.2 Å². The lowest BCUT2D eigenvalue weighted by Gasteiger charge is -2.05. The second kappa shape index (κ2) is 4.61. The Hall–Kier alpha value is -2.40. The summed E-state index contributed by atoms with van der Waals surface area (Å²) in [5, 5.41) is 10.9. The molecule has 0 unspecified atom stereocenters. The molecule has 0 aliphatic heterocycles. The van der Waals surface area contributed by atoms with Crippen molar-refractivity contribution >= 4 is 37.5 Å². The van der Waals surface area contributed by atoms with E-state index in [9.17, 15) is 14.7 Å². The van der Waals surface area contributed by atoms with Gasteiger partial charge >= 0.3 is 5.97 Å². The molecule has 1 N–H and O–H groups in total. The summed E-state index contributed by atoms with van der Waals surface area (Å²) >= 11 is 1.40. The van der Waals surface area contributed by atoms with Gasteiger partial charge in [-0.25, -0.2) is 4.79 Å². The quantitative estimate of drug-likeness (QED) is 0.552. The summed E-state index contributed by atoms with van der Waals surface area (Å²) in [7, 11) is 1.24. The second-order valence-corrected chi connectivity index (χ2v) is 5.37. The van der Waals surface area contributed by atoms with Gasteiger partial charge in [-0.2, -0.15) is 0 Å². The highest BCUT2D eigenvalue weighted by atomic mass is 32.1. The van der Waals surface area contributed by atoms with E-state index in [-0.39, 0.29) is 16.7 Å². The fourth-order valence-corrected chi connectivity index (χ4v) is 3.20. The molecule has 0 aliphatic carbocycles. The number of fused-ring (bicyclic) bond motifs is 2. The molecule has 4 nitrogen and oxygen atoms in total. The first-order valence-corrected chi connectivity index (χ1v) is 6.70. The number of benzene rings is 2. The molecule has 0 fully saturated rings. The first-order valence-electron chi connectivity index (χ1n) is 5.88. The van der Waals surface area contributed by atoms with Crippen molar-refractivity contribution in [1.82, 2.24) is 0 Å². The van der Waals surface area contributed by atoms with Gasteiger partial charge in [0.05, 0.1) is 7.11 Å². The highest BCUT2D eigenvalue weighted by Crippen LogP contribution is 2.30. The zero-order chi connectivity index (χ0) is 14.3. The first-order chi connectivity index (χ1) is 9.61. The number of esters is 1. The fourth-order valence-electron chi connectivity index (χ4n) is 2.11. The van der Waals surface area contributed by atoms with Crippen LogP contribution in [0.2, 0.25) is 0 Å². The van der Waals surface area contributed by atoms with Crippen molar-refractivity contribution in [1.29, 1.82) is 0 Å². The van der Waals surface area contributed by atoms with Crippen LogP contribution in [0, 0.1) is 0 Å². The number of carbonyl (C=O) groups is 1. The van der Waals surface area contributed by atoms with Crippen LogP contribution in [0.5, 0.6) is 5.75 Å². The third-order valence-electron chi connectivity index (χ3n) is 3.10. The van der Waals surface area contributed by atoms with Crippen LogP contribution in [-0.2, 0) is 4.74 Å². The molecule has 1 aromatic heterocycles. The average molecular weight is 286 g/mol. The summed E-state index contributed by atoms with van der Waals surface area (Å²) in [5.74, 6) is -0.874. The van der Waals surface area contributed by atoms with Gasteiger partial charge in [-0.3, -0.25) is 4.79 Å². The topological polar surface area (TPSA) is 63.6 Å². The third-order valence-corrected chi connectivity index (χ3v) is 4.23. The molecule has 3 rings (SSSR count). The van der Waals surface area contributed by atoms with E-state index in [2.05, 4.69) is 4.74 Å². The largest absolute Gasteiger partial charge is 0.507 e. The van der Waals surface area contributed by atoms with E-state index in [1.165, 1.54) is 30.6 Å². The summed E-state index contributed by atoms with van der Waals surface area (Å²) in [5.41, 5.74) is -0.0907. The van der Waals surface area contributed by atoms with E-state index in [0.29, 0.717) is 15.5 Å². The molecule has 0 spiro atoms. The molecule has 0 saturated carbocycles. The van der Waals surface area contributed by atoms with Gasteiger partial charge in [0.15, 0.2) is 5.43 Å². The molecule has 100 valence electrons. The molecule has 1 heterocycles. The van der Waals surface area contributed by atoms with Crippen LogP contribution in [0.1, 0.15) is 10.4 Å². The number of methoxy groups -OCH3 is 1. The fraction of sp³-hybridized carbons (Fsp3) is 0.0667. The molecule has 0 amide bonds. The SMILES string of the molecule is COC(=O)c1cc2sc3ccccc3c(=O)c2cc1O. The summed E-state index contributed by atoms with van der Waals surface area (Å²) in [6.07, 6.45) is 0. The van der Waals surface area contributed by atoms with Gasteiger partial charge in [-0.15, -0.1) is 11.3 Å². The zero-order valence-corrected chi connectivity index (χ0v) is 11.4. The van der Waals surface area contributed by atoms with E-state index in [0.717, 1.165) is 4.70 Å². The number of carbonyl (C=O) groups excluding carboxylic acids is 1. The third kappa shape index (κ3) is 1.83. The summed E-state index contributed by atoms with van der Waals surface area (Å²) in [4.78, 5) is 23.9. The Morgan fingerprint density at radius 2 is 1.90 bits per heavy atom. The number of rotatable bonds is 1. The van der Waals surface area contributed by atoms with Crippen LogP contribution in [0.25, 0.3) is 20.2 Å². The van der Waals surface area contributed by atoms with E-state index < -0.39 is 5.97 Å². The maximum Gasteiger partial charge on any atom is 0.341 e. The summed E-state index contributed by atoms with van der Waals surface area (Å²) < 4.78 is 6.10. The molecule has 0 aliphatic rings. The Morgan fingerprint density at radius 3 is 2.65 bits per heavy atom. The van der Waals surface area contributed by atoms with Crippen molar-refractivity contribution in [2.24, 2.45) is 0 Å². The summed E-state index contributed by atoms with van der Waals surface area (Å²) in [6, 6.07) is 10.1.